The van der Waals surface area contributed by atoms with E-state index in [1.54, 1.807) is 0 Å². The summed E-state index contributed by atoms with van der Waals surface area (Å²) in [4.78, 5) is 23.0. The fraction of sp³-hybridized carbons (Fsp3) is 0.800. The van der Waals surface area contributed by atoms with Crippen molar-refractivity contribution in [1.82, 2.24) is 0 Å². The highest BCUT2D eigenvalue weighted by atomic mass is 16.5. The second-order valence-electron chi connectivity index (χ2n) is 6.11. The molecule has 0 aromatic rings. The topological polar surface area (TPSA) is 52.6 Å². The van der Waals surface area contributed by atoms with E-state index in [2.05, 4.69) is 26.0 Å². The molecule has 0 aliphatic rings. The van der Waals surface area contributed by atoms with Crippen molar-refractivity contribution in [2.24, 2.45) is 0 Å². The molecule has 24 heavy (non-hydrogen) atoms. The van der Waals surface area contributed by atoms with Crippen molar-refractivity contribution in [1.29, 1.82) is 0 Å². The van der Waals surface area contributed by atoms with E-state index in [1.807, 2.05) is 0 Å². The van der Waals surface area contributed by atoms with E-state index < -0.39 is 0 Å². The zero-order chi connectivity index (χ0) is 17.9. The maximum atomic E-state index is 11.5. The first-order chi connectivity index (χ1) is 11.7. The van der Waals surface area contributed by atoms with E-state index >= 15 is 0 Å². The summed E-state index contributed by atoms with van der Waals surface area (Å²) in [6, 6.07) is 0. The Morgan fingerprint density at radius 1 is 0.667 bits per heavy atom. The summed E-state index contributed by atoms with van der Waals surface area (Å²) in [5.74, 6) is -0.619. The largest absolute Gasteiger partial charge is 0.466 e. The molecule has 0 aliphatic heterocycles. The monoisotopic (exact) mass is 340 g/mol. The summed E-state index contributed by atoms with van der Waals surface area (Å²) >= 11 is 0. The van der Waals surface area contributed by atoms with Crippen LogP contribution < -0.4 is 0 Å². The van der Waals surface area contributed by atoms with E-state index in [0.717, 1.165) is 32.1 Å². The molecule has 4 heteroatoms. The third-order valence-electron chi connectivity index (χ3n) is 3.71. The number of hydrogen-bond acceptors (Lipinski definition) is 4. The van der Waals surface area contributed by atoms with Gasteiger partial charge in [0.1, 0.15) is 0 Å². The molecule has 0 fully saturated rings. The first kappa shape index (κ1) is 22.7. The molecule has 0 aromatic carbocycles. The highest BCUT2D eigenvalue weighted by Crippen LogP contribution is 2.04. The van der Waals surface area contributed by atoms with E-state index in [4.69, 9.17) is 9.47 Å². The van der Waals surface area contributed by atoms with Crippen LogP contribution in [0.4, 0.5) is 0 Å². The van der Waals surface area contributed by atoms with E-state index in [0.29, 0.717) is 13.2 Å². The maximum absolute atomic E-state index is 11.5. The van der Waals surface area contributed by atoms with Crippen molar-refractivity contribution in [3.05, 3.63) is 12.2 Å². The van der Waals surface area contributed by atoms with Crippen LogP contribution in [0.15, 0.2) is 12.2 Å². The molecule has 0 saturated carbocycles. The Labute approximate surface area is 148 Å². The summed E-state index contributed by atoms with van der Waals surface area (Å²) in [5.41, 5.74) is 0. The van der Waals surface area contributed by atoms with Crippen LogP contribution >= 0.6 is 0 Å². The van der Waals surface area contributed by atoms with Crippen molar-refractivity contribution in [3.63, 3.8) is 0 Å². The van der Waals surface area contributed by atoms with Crippen LogP contribution in [-0.2, 0) is 19.1 Å². The molecule has 0 spiro atoms. The summed E-state index contributed by atoms with van der Waals surface area (Å²) < 4.78 is 10.2. The lowest BCUT2D eigenvalue weighted by molar-refractivity contribution is -0.150. The zero-order valence-corrected chi connectivity index (χ0v) is 15.7. The summed E-state index contributed by atoms with van der Waals surface area (Å²) in [7, 11) is 0. The Bertz CT molecular complexity index is 337. The number of unbranched alkanes of at least 4 members (excludes halogenated alkanes) is 7. The Morgan fingerprint density at radius 3 is 1.75 bits per heavy atom. The second-order valence-corrected chi connectivity index (χ2v) is 6.11. The van der Waals surface area contributed by atoms with Gasteiger partial charge in [-0.2, -0.15) is 0 Å². The summed E-state index contributed by atoms with van der Waals surface area (Å²) in [6.07, 6.45) is 15.5. The van der Waals surface area contributed by atoms with Crippen LogP contribution in [0.5, 0.6) is 0 Å². The lowest BCUT2D eigenvalue weighted by Gasteiger charge is -2.05. The predicted octanol–water partition coefficient (Wildman–Crippen LogP) is 5.35. The quantitative estimate of drug-likeness (QED) is 0.216. The SMILES string of the molecule is CCCC/C=C/CCCOC(=O)CCC(=O)OCCCCCCC. The maximum Gasteiger partial charge on any atom is 0.306 e. The number of esters is 2. The van der Waals surface area contributed by atoms with Gasteiger partial charge in [0.05, 0.1) is 26.1 Å². The van der Waals surface area contributed by atoms with E-state index in [1.165, 1.54) is 32.1 Å². The fourth-order valence-corrected chi connectivity index (χ4v) is 2.18. The van der Waals surface area contributed by atoms with Crippen LogP contribution in [0.1, 0.15) is 90.9 Å². The minimum atomic E-state index is -0.315. The average molecular weight is 341 g/mol. The predicted molar refractivity (Wildman–Crippen MR) is 97.8 cm³/mol. The molecule has 0 aromatic heterocycles. The van der Waals surface area contributed by atoms with E-state index in [-0.39, 0.29) is 24.8 Å². The molecular weight excluding hydrogens is 304 g/mol. The molecule has 140 valence electrons. The van der Waals surface area contributed by atoms with Crippen LogP contribution in [-0.4, -0.2) is 25.2 Å². The van der Waals surface area contributed by atoms with Gasteiger partial charge in [0.25, 0.3) is 0 Å². The molecule has 0 saturated heterocycles. The second kappa shape index (κ2) is 18.0. The smallest absolute Gasteiger partial charge is 0.306 e. The minimum absolute atomic E-state index is 0.112. The van der Waals surface area contributed by atoms with Gasteiger partial charge in [-0.05, 0) is 25.7 Å². The number of rotatable bonds is 16. The third kappa shape index (κ3) is 17.0. The summed E-state index contributed by atoms with van der Waals surface area (Å²) in [5, 5.41) is 0. The molecule has 0 rings (SSSR count). The van der Waals surface area contributed by atoms with E-state index in [9.17, 15) is 9.59 Å². The molecule has 0 amide bonds. The van der Waals surface area contributed by atoms with Crippen molar-refractivity contribution in [2.75, 3.05) is 13.2 Å². The molecule has 4 nitrogen and oxygen atoms in total. The van der Waals surface area contributed by atoms with Gasteiger partial charge < -0.3 is 9.47 Å². The van der Waals surface area contributed by atoms with Gasteiger partial charge in [-0.1, -0.05) is 64.5 Å². The molecule has 0 aliphatic carbocycles. The Hall–Kier alpha value is -1.32. The van der Waals surface area contributed by atoms with Crippen molar-refractivity contribution in [2.45, 2.75) is 90.9 Å². The number of ether oxygens (including phenoxy) is 2. The van der Waals surface area contributed by atoms with Crippen molar-refractivity contribution < 1.29 is 19.1 Å². The third-order valence-corrected chi connectivity index (χ3v) is 3.71. The molecule has 0 heterocycles. The minimum Gasteiger partial charge on any atom is -0.466 e. The van der Waals surface area contributed by atoms with Gasteiger partial charge in [-0.15, -0.1) is 0 Å². The zero-order valence-electron chi connectivity index (χ0n) is 15.7. The highest BCUT2D eigenvalue weighted by molar-refractivity contribution is 5.77. The van der Waals surface area contributed by atoms with Crippen LogP contribution in [0, 0.1) is 0 Å². The number of carbonyl (C=O) groups is 2. The average Bonchev–Trinajstić information content (AvgIpc) is 2.58. The fourth-order valence-electron chi connectivity index (χ4n) is 2.18. The van der Waals surface area contributed by atoms with Crippen molar-refractivity contribution >= 4 is 11.9 Å². The van der Waals surface area contributed by atoms with Crippen LogP contribution in [0.25, 0.3) is 0 Å². The first-order valence-corrected chi connectivity index (χ1v) is 9.66. The molecule has 0 radical (unpaired) electrons. The number of allylic oxidation sites excluding steroid dienone is 2. The van der Waals surface area contributed by atoms with Gasteiger partial charge in [0.2, 0.25) is 0 Å². The highest BCUT2D eigenvalue weighted by Gasteiger charge is 2.08. The lowest BCUT2D eigenvalue weighted by Crippen LogP contribution is -2.11. The van der Waals surface area contributed by atoms with Gasteiger partial charge in [0.15, 0.2) is 0 Å². The van der Waals surface area contributed by atoms with Crippen LogP contribution in [0.3, 0.4) is 0 Å². The normalized spacial score (nSPS) is 10.9. The van der Waals surface area contributed by atoms with Gasteiger partial charge >= 0.3 is 11.9 Å². The van der Waals surface area contributed by atoms with Gasteiger partial charge in [-0.3, -0.25) is 9.59 Å². The Balaban J connectivity index is 3.41. The molecule has 0 bridgehead atoms. The van der Waals surface area contributed by atoms with Crippen LogP contribution in [0.2, 0.25) is 0 Å². The molecule has 0 N–H and O–H groups in total. The first-order valence-electron chi connectivity index (χ1n) is 9.66. The lowest BCUT2D eigenvalue weighted by atomic mass is 10.2. The number of carbonyl (C=O) groups excluding carboxylic acids is 2. The standard InChI is InChI=1S/C20H36O4/c1-3-5-7-9-10-12-14-18-24-20(22)16-15-19(21)23-17-13-11-8-6-4-2/h9-10H,3-8,11-18H2,1-2H3/b10-9+. The summed E-state index contributed by atoms with van der Waals surface area (Å²) in [6.45, 7) is 5.23. The van der Waals surface area contributed by atoms with Gasteiger partial charge in [0, 0.05) is 0 Å². The van der Waals surface area contributed by atoms with Crippen molar-refractivity contribution in [3.8, 4) is 0 Å². The molecule has 0 unspecified atom stereocenters. The Kier molecular flexibility index (Phi) is 17.0. The Morgan fingerprint density at radius 2 is 1.17 bits per heavy atom. The molecular formula is C20H36O4. The van der Waals surface area contributed by atoms with Gasteiger partial charge in [-0.25, -0.2) is 0 Å². The number of hydrogen-bond donors (Lipinski definition) is 0. The molecule has 0 atom stereocenters.